The smallest absolute Gasteiger partial charge is 0.260 e. The Morgan fingerprint density at radius 2 is 2.06 bits per heavy atom. The average Bonchev–Trinajstić information content (AvgIpc) is 2.40. The van der Waals surface area contributed by atoms with E-state index in [4.69, 9.17) is 0 Å². The van der Waals surface area contributed by atoms with Crippen LogP contribution in [0.3, 0.4) is 0 Å². The van der Waals surface area contributed by atoms with Crippen molar-refractivity contribution in [2.24, 2.45) is 0 Å². The Labute approximate surface area is 98.1 Å². The van der Waals surface area contributed by atoms with Crippen LogP contribution in [0.4, 0.5) is 11.6 Å². The Hall–Kier alpha value is -2.50. The zero-order chi connectivity index (χ0) is 12.1. The van der Waals surface area contributed by atoms with Crippen LogP contribution < -0.4 is 10.6 Å². The number of amides is 1. The monoisotopic (exact) mass is 229 g/mol. The molecule has 6 heteroatoms. The summed E-state index contributed by atoms with van der Waals surface area (Å²) < 4.78 is 0. The minimum Gasteiger partial charge on any atom is -0.372 e. The fraction of sp³-hybridized carbons (Fsp3) is 0.0909. The third-order valence-corrected chi connectivity index (χ3v) is 2.10. The van der Waals surface area contributed by atoms with Gasteiger partial charge in [0.05, 0.1) is 5.56 Å². The molecule has 0 unspecified atom stereocenters. The van der Waals surface area contributed by atoms with E-state index in [1.54, 1.807) is 43.7 Å². The highest BCUT2D eigenvalue weighted by Crippen LogP contribution is 2.12. The van der Waals surface area contributed by atoms with E-state index in [9.17, 15) is 4.79 Å². The molecule has 17 heavy (non-hydrogen) atoms. The van der Waals surface area contributed by atoms with E-state index in [0.717, 1.165) is 0 Å². The maximum atomic E-state index is 11.9. The fourth-order valence-corrected chi connectivity index (χ4v) is 1.34. The number of nitrogens with one attached hydrogen (secondary N) is 2. The second-order valence-corrected chi connectivity index (χ2v) is 3.21. The summed E-state index contributed by atoms with van der Waals surface area (Å²) >= 11 is 0. The Morgan fingerprint density at radius 1 is 1.24 bits per heavy atom. The number of hydrogen-bond donors (Lipinski definition) is 2. The van der Waals surface area contributed by atoms with Crippen molar-refractivity contribution in [1.29, 1.82) is 0 Å². The van der Waals surface area contributed by atoms with E-state index < -0.39 is 0 Å². The lowest BCUT2D eigenvalue weighted by atomic mass is 10.2. The van der Waals surface area contributed by atoms with E-state index in [2.05, 4.69) is 25.8 Å². The maximum Gasteiger partial charge on any atom is 0.260 e. The number of aromatic nitrogens is 3. The van der Waals surface area contributed by atoms with Gasteiger partial charge in [-0.1, -0.05) is 0 Å². The third-order valence-electron chi connectivity index (χ3n) is 2.10. The van der Waals surface area contributed by atoms with Gasteiger partial charge in [-0.3, -0.25) is 4.79 Å². The number of carbonyl (C=O) groups excluding carboxylic acids is 1. The van der Waals surface area contributed by atoms with Gasteiger partial charge in [0.1, 0.15) is 5.82 Å². The molecule has 0 aliphatic rings. The van der Waals surface area contributed by atoms with Gasteiger partial charge in [0.25, 0.3) is 5.91 Å². The van der Waals surface area contributed by atoms with Crippen molar-refractivity contribution in [1.82, 2.24) is 15.2 Å². The summed E-state index contributed by atoms with van der Waals surface area (Å²) in [5, 5.41) is 12.9. The van der Waals surface area contributed by atoms with Gasteiger partial charge in [0.15, 0.2) is 5.82 Å². The Kier molecular flexibility index (Phi) is 3.25. The molecule has 0 bridgehead atoms. The predicted molar refractivity (Wildman–Crippen MR) is 63.8 cm³/mol. The van der Waals surface area contributed by atoms with Crippen LogP contribution in [0.5, 0.6) is 0 Å². The molecule has 0 atom stereocenters. The Morgan fingerprint density at radius 3 is 2.76 bits per heavy atom. The Bertz CT molecular complexity index is 514. The lowest BCUT2D eigenvalue weighted by Crippen LogP contribution is -2.15. The van der Waals surface area contributed by atoms with Gasteiger partial charge in [0, 0.05) is 19.4 Å². The van der Waals surface area contributed by atoms with Gasteiger partial charge < -0.3 is 10.6 Å². The first-order valence-electron chi connectivity index (χ1n) is 5.03. The summed E-state index contributed by atoms with van der Waals surface area (Å²) in [5.41, 5.74) is 0.459. The lowest BCUT2D eigenvalue weighted by molar-refractivity contribution is 0.102. The fourth-order valence-electron chi connectivity index (χ4n) is 1.34. The van der Waals surface area contributed by atoms with Gasteiger partial charge >= 0.3 is 0 Å². The minimum atomic E-state index is -0.275. The van der Waals surface area contributed by atoms with E-state index in [0.29, 0.717) is 17.2 Å². The van der Waals surface area contributed by atoms with Crippen molar-refractivity contribution in [2.45, 2.75) is 0 Å². The summed E-state index contributed by atoms with van der Waals surface area (Å²) in [6, 6.07) is 6.75. The van der Waals surface area contributed by atoms with E-state index in [-0.39, 0.29) is 5.91 Å². The van der Waals surface area contributed by atoms with Crippen LogP contribution in [-0.2, 0) is 0 Å². The summed E-state index contributed by atoms with van der Waals surface area (Å²) in [5.74, 6) is 0.653. The minimum absolute atomic E-state index is 0.275. The third kappa shape index (κ3) is 2.54. The van der Waals surface area contributed by atoms with Crippen molar-refractivity contribution >= 4 is 17.5 Å². The summed E-state index contributed by atoms with van der Waals surface area (Å²) in [6.45, 7) is 0. The standard InChI is InChI=1S/C11H11N5O/c1-12-10-8(4-2-6-13-10)11(17)15-9-5-3-7-14-16-9/h2-7H,1H3,(H,12,13)(H,15,16,17). The zero-order valence-electron chi connectivity index (χ0n) is 9.21. The summed E-state index contributed by atoms with van der Waals surface area (Å²) in [4.78, 5) is 16.0. The normalized spacial score (nSPS) is 9.71. The van der Waals surface area contributed by atoms with Gasteiger partial charge in [-0.05, 0) is 24.3 Å². The molecule has 0 fully saturated rings. The van der Waals surface area contributed by atoms with Crippen molar-refractivity contribution < 1.29 is 4.79 Å². The molecule has 2 aromatic rings. The van der Waals surface area contributed by atoms with Crippen LogP contribution in [0, 0.1) is 0 Å². The molecule has 0 saturated heterocycles. The molecule has 0 radical (unpaired) electrons. The molecule has 0 saturated carbocycles. The number of pyridine rings is 1. The van der Waals surface area contributed by atoms with E-state index in [1.807, 2.05) is 0 Å². The molecular weight excluding hydrogens is 218 g/mol. The van der Waals surface area contributed by atoms with Gasteiger partial charge in [-0.2, -0.15) is 5.10 Å². The SMILES string of the molecule is CNc1ncccc1C(=O)Nc1cccnn1. The Balaban J connectivity index is 2.20. The predicted octanol–water partition coefficient (Wildman–Crippen LogP) is 1.17. The highest BCUT2D eigenvalue weighted by molar-refractivity contribution is 6.06. The van der Waals surface area contributed by atoms with Crippen LogP contribution in [0.25, 0.3) is 0 Å². The number of nitrogens with zero attached hydrogens (tertiary/aromatic N) is 3. The molecule has 2 rings (SSSR count). The number of rotatable bonds is 3. The van der Waals surface area contributed by atoms with Crippen molar-refractivity contribution in [2.75, 3.05) is 17.7 Å². The average molecular weight is 229 g/mol. The van der Waals surface area contributed by atoms with E-state index >= 15 is 0 Å². The molecule has 2 heterocycles. The summed E-state index contributed by atoms with van der Waals surface area (Å²) in [7, 11) is 1.71. The quantitative estimate of drug-likeness (QED) is 0.825. The van der Waals surface area contributed by atoms with Gasteiger partial charge in [-0.15, -0.1) is 5.10 Å². The second-order valence-electron chi connectivity index (χ2n) is 3.21. The van der Waals surface area contributed by atoms with Crippen molar-refractivity contribution in [3.63, 3.8) is 0 Å². The molecule has 1 amide bonds. The van der Waals surface area contributed by atoms with Crippen molar-refractivity contribution in [3.05, 3.63) is 42.2 Å². The van der Waals surface area contributed by atoms with Gasteiger partial charge in [0.2, 0.25) is 0 Å². The van der Waals surface area contributed by atoms with Crippen LogP contribution in [0.15, 0.2) is 36.7 Å². The first-order chi connectivity index (χ1) is 8.31. The molecule has 0 aliphatic heterocycles. The number of carbonyl (C=O) groups is 1. The molecule has 0 spiro atoms. The lowest BCUT2D eigenvalue weighted by Gasteiger charge is -2.07. The highest BCUT2D eigenvalue weighted by atomic mass is 16.1. The molecule has 0 aliphatic carbocycles. The van der Waals surface area contributed by atoms with E-state index in [1.165, 1.54) is 0 Å². The largest absolute Gasteiger partial charge is 0.372 e. The number of anilines is 2. The second kappa shape index (κ2) is 5.02. The van der Waals surface area contributed by atoms with Crippen LogP contribution in [0.2, 0.25) is 0 Å². The molecular formula is C11H11N5O. The summed E-state index contributed by atoms with van der Waals surface area (Å²) in [6.07, 6.45) is 3.16. The zero-order valence-corrected chi connectivity index (χ0v) is 9.21. The number of hydrogen-bond acceptors (Lipinski definition) is 5. The van der Waals surface area contributed by atoms with Crippen LogP contribution in [-0.4, -0.2) is 28.1 Å². The topological polar surface area (TPSA) is 79.8 Å². The van der Waals surface area contributed by atoms with Gasteiger partial charge in [-0.25, -0.2) is 4.98 Å². The van der Waals surface area contributed by atoms with Crippen LogP contribution >= 0.6 is 0 Å². The molecule has 2 aromatic heterocycles. The maximum absolute atomic E-state index is 11.9. The van der Waals surface area contributed by atoms with Crippen LogP contribution in [0.1, 0.15) is 10.4 Å². The molecule has 86 valence electrons. The van der Waals surface area contributed by atoms with Crippen molar-refractivity contribution in [3.8, 4) is 0 Å². The molecule has 0 aromatic carbocycles. The first-order valence-corrected chi connectivity index (χ1v) is 5.03. The first kappa shape index (κ1) is 11.0. The molecule has 6 nitrogen and oxygen atoms in total. The molecule has 2 N–H and O–H groups in total. The highest BCUT2D eigenvalue weighted by Gasteiger charge is 2.11.